The first-order valence-corrected chi connectivity index (χ1v) is 9.55. The molecular weight excluding hydrogens is 411 g/mol. The number of benzene rings is 3. The molecule has 29 heavy (non-hydrogen) atoms. The molecule has 1 N–H and O–H groups in total. The molecule has 0 aromatic heterocycles. The normalized spacial score (nSPS) is 14.1. The molecule has 0 unspecified atom stereocenters. The van der Waals surface area contributed by atoms with Crippen LogP contribution in [0.15, 0.2) is 65.3 Å². The molecule has 0 bridgehead atoms. The van der Waals surface area contributed by atoms with E-state index in [1.54, 1.807) is 24.3 Å². The zero-order valence-corrected chi connectivity index (χ0v) is 17.1. The van der Waals surface area contributed by atoms with Crippen LogP contribution in [-0.2, 0) is 9.59 Å². The predicted molar refractivity (Wildman–Crippen MR) is 116 cm³/mol. The van der Waals surface area contributed by atoms with Crippen LogP contribution in [0, 0.1) is 6.92 Å². The van der Waals surface area contributed by atoms with E-state index in [1.165, 1.54) is 7.11 Å². The van der Waals surface area contributed by atoms with Crippen molar-refractivity contribution in [3.8, 4) is 5.75 Å². The fourth-order valence-electron chi connectivity index (χ4n) is 3.30. The van der Waals surface area contributed by atoms with Crippen molar-refractivity contribution in [2.24, 2.45) is 0 Å². The molecule has 0 fully saturated rings. The summed E-state index contributed by atoms with van der Waals surface area (Å²) in [6.07, 6.45) is 0. The Balaban J connectivity index is 1.75. The Morgan fingerprint density at radius 1 is 0.966 bits per heavy atom. The Kier molecular flexibility index (Phi) is 4.94. The fraction of sp³-hybridized carbons (Fsp3) is 0.0909. The number of methoxy groups -OCH3 is 1. The molecule has 1 aliphatic heterocycles. The van der Waals surface area contributed by atoms with Gasteiger partial charge in [-0.3, -0.25) is 9.59 Å². The quantitative estimate of drug-likeness (QED) is 0.579. The van der Waals surface area contributed by atoms with E-state index in [4.69, 9.17) is 27.9 Å². The Hall–Kier alpha value is -3.02. The number of hydrogen-bond acceptors (Lipinski definition) is 4. The van der Waals surface area contributed by atoms with Gasteiger partial charge in [-0.15, -0.1) is 0 Å². The van der Waals surface area contributed by atoms with Crippen LogP contribution in [0.3, 0.4) is 0 Å². The Morgan fingerprint density at radius 3 is 2.45 bits per heavy atom. The lowest BCUT2D eigenvalue weighted by Crippen LogP contribution is -2.32. The van der Waals surface area contributed by atoms with Crippen LogP contribution in [0.1, 0.15) is 5.56 Å². The van der Waals surface area contributed by atoms with Crippen LogP contribution in [0.5, 0.6) is 5.75 Å². The van der Waals surface area contributed by atoms with Gasteiger partial charge in [0.2, 0.25) is 0 Å². The summed E-state index contributed by atoms with van der Waals surface area (Å²) < 4.78 is 5.34. The van der Waals surface area contributed by atoms with Gasteiger partial charge >= 0.3 is 0 Å². The average Bonchev–Trinajstić information content (AvgIpc) is 2.93. The molecule has 0 spiro atoms. The number of halogens is 2. The molecule has 4 rings (SSSR count). The van der Waals surface area contributed by atoms with Gasteiger partial charge in [0.05, 0.1) is 18.5 Å². The number of fused-ring (bicyclic) bond motifs is 1. The highest BCUT2D eigenvalue weighted by Crippen LogP contribution is 2.37. The average molecular weight is 427 g/mol. The number of nitrogens with one attached hydrogen (secondary N) is 1. The number of hydrogen-bond donors (Lipinski definition) is 1. The minimum absolute atomic E-state index is 0.00961. The third-order valence-corrected chi connectivity index (χ3v) is 5.53. The summed E-state index contributed by atoms with van der Waals surface area (Å²) >= 11 is 12.4. The second kappa shape index (κ2) is 7.43. The number of carbonyl (C=O) groups excluding carboxylic acids is 2. The lowest BCUT2D eigenvalue weighted by molar-refractivity contribution is -0.120. The number of anilines is 2. The van der Waals surface area contributed by atoms with E-state index in [9.17, 15) is 9.59 Å². The van der Waals surface area contributed by atoms with Crippen molar-refractivity contribution >= 4 is 57.2 Å². The maximum atomic E-state index is 13.2. The van der Waals surface area contributed by atoms with E-state index in [2.05, 4.69) is 5.32 Å². The van der Waals surface area contributed by atoms with Gasteiger partial charge in [-0.25, -0.2) is 4.90 Å². The van der Waals surface area contributed by atoms with Crippen LogP contribution in [-0.4, -0.2) is 18.9 Å². The smallest absolute Gasteiger partial charge is 0.283 e. The van der Waals surface area contributed by atoms with Crippen molar-refractivity contribution in [2.45, 2.75) is 6.92 Å². The van der Waals surface area contributed by atoms with Gasteiger partial charge in [-0.2, -0.15) is 0 Å². The first-order valence-electron chi connectivity index (χ1n) is 8.80. The number of carbonyl (C=O) groups is 2. The third-order valence-electron chi connectivity index (χ3n) is 4.78. The highest BCUT2D eigenvalue weighted by molar-refractivity contribution is 6.53. The summed E-state index contributed by atoms with van der Waals surface area (Å²) in [5, 5.41) is 5.00. The largest absolute Gasteiger partial charge is 0.495 e. The molecular formula is C22H16Cl2N2O3. The molecule has 0 saturated heterocycles. The molecule has 7 heteroatoms. The summed E-state index contributed by atoms with van der Waals surface area (Å²) in [5.41, 5.74) is 1.75. The highest BCUT2D eigenvalue weighted by atomic mass is 35.5. The van der Waals surface area contributed by atoms with Crippen LogP contribution in [0.2, 0.25) is 5.02 Å². The standard InChI is InChI=1S/C22H16Cl2N2O3/c1-12-10-16(18(29-2)11-15(12)23)25-20-19(24)21(27)26(22(20)28)17-9-5-7-13-6-3-4-8-14(13)17/h3-11,25H,1-2H3. The summed E-state index contributed by atoms with van der Waals surface area (Å²) in [7, 11) is 1.49. The number of aryl methyl sites for hydroxylation is 1. The molecule has 0 atom stereocenters. The van der Waals surface area contributed by atoms with Crippen molar-refractivity contribution in [1.29, 1.82) is 0 Å². The number of ether oxygens (including phenoxy) is 1. The topological polar surface area (TPSA) is 58.6 Å². The lowest BCUT2D eigenvalue weighted by atomic mass is 10.1. The number of nitrogens with zero attached hydrogens (tertiary/aromatic N) is 1. The van der Waals surface area contributed by atoms with Crippen LogP contribution < -0.4 is 15.0 Å². The monoisotopic (exact) mass is 426 g/mol. The third kappa shape index (κ3) is 3.22. The molecule has 1 aliphatic rings. The van der Waals surface area contributed by atoms with E-state index < -0.39 is 11.8 Å². The van der Waals surface area contributed by atoms with Gasteiger partial charge < -0.3 is 10.1 Å². The Labute approximate surface area is 177 Å². The maximum absolute atomic E-state index is 13.2. The molecule has 3 aromatic carbocycles. The lowest BCUT2D eigenvalue weighted by Gasteiger charge is -2.18. The second-order valence-electron chi connectivity index (χ2n) is 6.56. The number of imide groups is 1. The summed E-state index contributed by atoms with van der Waals surface area (Å²) in [6, 6.07) is 16.3. The predicted octanol–water partition coefficient (Wildman–Crippen LogP) is 5.25. The molecule has 2 amide bonds. The Morgan fingerprint density at radius 2 is 1.69 bits per heavy atom. The van der Waals surface area contributed by atoms with Crippen molar-refractivity contribution in [3.05, 3.63) is 75.9 Å². The molecule has 0 aliphatic carbocycles. The highest BCUT2D eigenvalue weighted by Gasteiger charge is 2.39. The minimum atomic E-state index is -0.583. The van der Waals surface area contributed by atoms with E-state index in [-0.39, 0.29) is 10.7 Å². The van der Waals surface area contributed by atoms with Crippen molar-refractivity contribution in [3.63, 3.8) is 0 Å². The summed E-state index contributed by atoms with van der Waals surface area (Å²) in [5.74, 6) is -0.687. The Bertz CT molecular complexity index is 1200. The SMILES string of the molecule is COc1cc(Cl)c(C)cc1NC1=C(Cl)C(=O)N(c2cccc3ccccc23)C1=O. The van der Waals surface area contributed by atoms with Gasteiger partial charge in [-0.05, 0) is 30.0 Å². The van der Waals surface area contributed by atoms with Gasteiger partial charge in [-0.1, -0.05) is 59.6 Å². The van der Waals surface area contributed by atoms with Crippen molar-refractivity contribution in [1.82, 2.24) is 0 Å². The first kappa shape index (κ1) is 19.3. The number of rotatable bonds is 4. The van der Waals surface area contributed by atoms with E-state index in [1.807, 2.05) is 37.3 Å². The number of amides is 2. The zero-order valence-electron chi connectivity index (χ0n) is 15.6. The van der Waals surface area contributed by atoms with Crippen molar-refractivity contribution in [2.75, 3.05) is 17.3 Å². The molecule has 3 aromatic rings. The fourth-order valence-corrected chi connectivity index (χ4v) is 3.66. The molecule has 1 heterocycles. The van der Waals surface area contributed by atoms with Gasteiger partial charge in [0.15, 0.2) is 0 Å². The van der Waals surface area contributed by atoms with Gasteiger partial charge in [0.1, 0.15) is 16.5 Å². The molecule has 146 valence electrons. The van der Waals surface area contributed by atoms with Gasteiger partial charge in [0, 0.05) is 16.5 Å². The van der Waals surface area contributed by atoms with E-state index in [0.717, 1.165) is 21.2 Å². The summed E-state index contributed by atoms with van der Waals surface area (Å²) in [4.78, 5) is 27.1. The molecule has 0 radical (unpaired) electrons. The summed E-state index contributed by atoms with van der Waals surface area (Å²) in [6.45, 7) is 1.83. The minimum Gasteiger partial charge on any atom is -0.495 e. The second-order valence-corrected chi connectivity index (χ2v) is 7.34. The van der Waals surface area contributed by atoms with Gasteiger partial charge in [0.25, 0.3) is 11.8 Å². The zero-order chi connectivity index (χ0) is 20.7. The van der Waals surface area contributed by atoms with Crippen LogP contribution in [0.4, 0.5) is 11.4 Å². The molecule has 5 nitrogen and oxygen atoms in total. The van der Waals surface area contributed by atoms with Crippen LogP contribution in [0.25, 0.3) is 10.8 Å². The first-order chi connectivity index (χ1) is 13.9. The van der Waals surface area contributed by atoms with E-state index in [0.29, 0.717) is 22.1 Å². The van der Waals surface area contributed by atoms with E-state index >= 15 is 0 Å². The maximum Gasteiger partial charge on any atom is 0.283 e. The van der Waals surface area contributed by atoms with Crippen LogP contribution >= 0.6 is 23.2 Å². The molecule has 0 saturated carbocycles. The van der Waals surface area contributed by atoms with Crippen molar-refractivity contribution < 1.29 is 14.3 Å².